The van der Waals surface area contributed by atoms with Gasteiger partial charge in [-0.2, -0.15) is 15.6 Å². The molecule has 2 aromatic rings. The van der Waals surface area contributed by atoms with Gasteiger partial charge in [-0.25, -0.2) is 4.68 Å². The molecule has 0 unspecified atom stereocenters. The number of nitrogens with two attached hydrogens (primary N) is 1. The third-order valence-electron chi connectivity index (χ3n) is 5.30. The van der Waals surface area contributed by atoms with Crippen LogP contribution in [0, 0.1) is 38.7 Å². The smallest absolute Gasteiger partial charge is 0.293 e. The van der Waals surface area contributed by atoms with Crippen molar-refractivity contribution in [2.75, 3.05) is 30.3 Å². The molecule has 0 aliphatic carbocycles. The summed E-state index contributed by atoms with van der Waals surface area (Å²) in [6.07, 6.45) is 3.53. The second-order valence-electron chi connectivity index (χ2n) is 7.54. The van der Waals surface area contributed by atoms with Crippen LogP contribution in [-0.2, 0) is 6.54 Å². The summed E-state index contributed by atoms with van der Waals surface area (Å²) in [5.41, 5.74) is 7.01. The van der Waals surface area contributed by atoms with Gasteiger partial charge in [0.1, 0.15) is 34.9 Å². The van der Waals surface area contributed by atoms with Gasteiger partial charge in [-0.15, -0.1) is 0 Å². The van der Waals surface area contributed by atoms with E-state index in [0.717, 1.165) is 25.9 Å². The minimum Gasteiger partial charge on any atom is -0.394 e. The summed E-state index contributed by atoms with van der Waals surface area (Å²) < 4.78 is 1.25. The Morgan fingerprint density at radius 3 is 2.87 bits per heavy atom. The highest BCUT2D eigenvalue weighted by molar-refractivity contribution is 5.92. The molecule has 31 heavy (non-hydrogen) atoms. The molecule has 3 rings (SSSR count). The molecule has 0 saturated carbocycles. The Kier molecular flexibility index (Phi) is 6.53. The molecule has 1 atom stereocenters. The number of nitrogens with zero attached hydrogens (tertiary/aromatic N) is 6. The van der Waals surface area contributed by atoms with Crippen LogP contribution in [0.2, 0.25) is 0 Å². The van der Waals surface area contributed by atoms with E-state index in [1.54, 1.807) is 12.1 Å². The summed E-state index contributed by atoms with van der Waals surface area (Å²) in [4.78, 5) is 13.3. The van der Waals surface area contributed by atoms with E-state index in [1.807, 2.05) is 17.0 Å². The van der Waals surface area contributed by atoms with E-state index in [9.17, 15) is 20.6 Å². The van der Waals surface area contributed by atoms with Crippen molar-refractivity contribution in [3.63, 3.8) is 0 Å². The van der Waals surface area contributed by atoms with Gasteiger partial charge in [-0.3, -0.25) is 10.1 Å². The predicted octanol–water partition coefficient (Wildman–Crippen LogP) is 2.54. The van der Waals surface area contributed by atoms with Crippen molar-refractivity contribution in [3.8, 4) is 12.1 Å². The summed E-state index contributed by atoms with van der Waals surface area (Å²) in [5, 5.41) is 44.1. The molecule has 160 valence electrons. The van der Waals surface area contributed by atoms with Crippen molar-refractivity contribution < 1.29 is 10.0 Å². The first kappa shape index (κ1) is 21.8. The van der Waals surface area contributed by atoms with Crippen molar-refractivity contribution in [2.24, 2.45) is 5.92 Å². The second-order valence-corrected chi connectivity index (χ2v) is 7.54. The van der Waals surface area contributed by atoms with Gasteiger partial charge in [-0.1, -0.05) is 13.0 Å². The second kappa shape index (κ2) is 9.28. The zero-order valence-corrected chi connectivity index (χ0v) is 17.2. The van der Waals surface area contributed by atoms with E-state index in [4.69, 9.17) is 10.8 Å². The van der Waals surface area contributed by atoms with Crippen LogP contribution in [0.25, 0.3) is 11.6 Å². The zero-order chi connectivity index (χ0) is 22.5. The van der Waals surface area contributed by atoms with E-state index in [-0.39, 0.29) is 41.5 Å². The fraction of sp³-hybridized carbons (Fsp3) is 0.381. The lowest BCUT2D eigenvalue weighted by atomic mass is 9.99. The fourth-order valence-corrected chi connectivity index (χ4v) is 3.81. The number of hydrogen-bond donors (Lipinski definition) is 2. The van der Waals surface area contributed by atoms with Gasteiger partial charge < -0.3 is 15.7 Å². The molecule has 2 heterocycles. The number of nitro benzene ring substituents is 1. The van der Waals surface area contributed by atoms with Gasteiger partial charge in [-0.05, 0) is 36.5 Å². The quantitative estimate of drug-likeness (QED) is 0.409. The predicted molar refractivity (Wildman–Crippen MR) is 116 cm³/mol. The van der Waals surface area contributed by atoms with E-state index < -0.39 is 4.92 Å². The van der Waals surface area contributed by atoms with E-state index in [0.29, 0.717) is 17.2 Å². The highest BCUT2D eigenvalue weighted by Gasteiger charge is 2.24. The van der Waals surface area contributed by atoms with Crippen LogP contribution in [0.1, 0.15) is 36.6 Å². The van der Waals surface area contributed by atoms with E-state index in [1.165, 1.54) is 16.8 Å². The number of piperidine rings is 1. The van der Waals surface area contributed by atoms with Crippen LogP contribution < -0.4 is 10.6 Å². The zero-order valence-electron chi connectivity index (χ0n) is 17.2. The van der Waals surface area contributed by atoms with Gasteiger partial charge in [0.25, 0.3) is 5.69 Å². The number of nitriles is 2. The van der Waals surface area contributed by atoms with Crippen molar-refractivity contribution >= 4 is 28.8 Å². The summed E-state index contributed by atoms with van der Waals surface area (Å²) in [5.74, 6) is 0.509. The molecule has 1 fully saturated rings. The van der Waals surface area contributed by atoms with Crippen LogP contribution in [0.15, 0.2) is 18.2 Å². The maximum Gasteiger partial charge on any atom is 0.293 e. The van der Waals surface area contributed by atoms with Crippen molar-refractivity contribution in [1.82, 2.24) is 9.78 Å². The number of nitro groups is 1. The Morgan fingerprint density at radius 2 is 2.26 bits per heavy atom. The molecule has 3 N–H and O–H groups in total. The molecular weight excluding hydrogens is 398 g/mol. The van der Waals surface area contributed by atoms with Crippen molar-refractivity contribution in [2.45, 2.75) is 26.3 Å². The Balaban J connectivity index is 2.03. The number of aromatic nitrogens is 2. The number of rotatable bonds is 6. The highest BCUT2D eigenvalue weighted by atomic mass is 16.6. The Morgan fingerprint density at radius 1 is 1.48 bits per heavy atom. The standard InChI is InChI=1S/C21H23N7O3/c1-14-3-2-6-26(13-14)18-5-4-15(10-19(18)28(30)31)9-16(11-22)20-17(12-23)21(24)27(25-20)7-8-29/h4-5,9-10,14,29H,2-3,6-8,13,24H2,1H3/b16-9+/t14-/m0/s1. The summed E-state index contributed by atoms with van der Waals surface area (Å²) >= 11 is 0. The van der Waals surface area contributed by atoms with Gasteiger partial charge in [0.05, 0.1) is 23.6 Å². The lowest BCUT2D eigenvalue weighted by molar-refractivity contribution is -0.384. The van der Waals surface area contributed by atoms with Crippen LogP contribution in [0.5, 0.6) is 0 Å². The molecule has 10 heteroatoms. The molecule has 1 aromatic heterocycles. The molecular formula is C21H23N7O3. The number of nitrogen functional groups attached to an aromatic ring is 1. The largest absolute Gasteiger partial charge is 0.394 e. The SMILES string of the molecule is C[C@H]1CCCN(c2ccc(/C=C(\C#N)c3nn(CCO)c(N)c3C#N)cc2[N+](=O)[O-])C1. The molecule has 0 radical (unpaired) electrons. The van der Waals surface area contributed by atoms with Gasteiger partial charge in [0, 0.05) is 19.2 Å². The molecule has 0 amide bonds. The van der Waals surface area contributed by atoms with Crippen LogP contribution in [0.3, 0.4) is 0 Å². The average Bonchev–Trinajstić information content (AvgIpc) is 3.07. The minimum absolute atomic E-state index is 0.0228. The first-order chi connectivity index (χ1) is 14.9. The lowest BCUT2D eigenvalue weighted by Gasteiger charge is -2.32. The molecule has 0 bridgehead atoms. The Bertz CT molecular complexity index is 1110. The normalized spacial score (nSPS) is 16.6. The third kappa shape index (κ3) is 4.49. The molecule has 1 aromatic carbocycles. The maximum absolute atomic E-state index is 11.7. The highest BCUT2D eigenvalue weighted by Crippen LogP contribution is 2.34. The van der Waals surface area contributed by atoms with E-state index >= 15 is 0 Å². The molecule has 10 nitrogen and oxygen atoms in total. The topological polar surface area (TPSA) is 158 Å². The number of allylic oxidation sites excluding steroid dienone is 1. The van der Waals surface area contributed by atoms with Gasteiger partial charge in [0.2, 0.25) is 0 Å². The maximum atomic E-state index is 11.7. The molecule has 1 aliphatic heterocycles. The lowest BCUT2D eigenvalue weighted by Crippen LogP contribution is -2.34. The fourth-order valence-electron chi connectivity index (χ4n) is 3.81. The first-order valence-corrected chi connectivity index (χ1v) is 9.92. The number of benzene rings is 1. The van der Waals surface area contributed by atoms with Crippen LogP contribution in [-0.4, -0.2) is 39.5 Å². The number of aliphatic hydroxyl groups excluding tert-OH is 1. The van der Waals surface area contributed by atoms with E-state index in [2.05, 4.69) is 12.0 Å². The summed E-state index contributed by atoms with van der Waals surface area (Å²) in [6, 6.07) is 8.75. The molecule has 1 aliphatic rings. The van der Waals surface area contributed by atoms with Crippen LogP contribution >= 0.6 is 0 Å². The molecule has 1 saturated heterocycles. The summed E-state index contributed by atoms with van der Waals surface area (Å²) in [7, 11) is 0. The average molecular weight is 421 g/mol. The molecule has 0 spiro atoms. The van der Waals surface area contributed by atoms with Gasteiger partial charge in [0.15, 0.2) is 0 Å². The number of hydrogen-bond acceptors (Lipinski definition) is 8. The van der Waals surface area contributed by atoms with Crippen molar-refractivity contribution in [3.05, 3.63) is 45.1 Å². The third-order valence-corrected chi connectivity index (χ3v) is 5.30. The Hall–Kier alpha value is -3.89. The van der Waals surface area contributed by atoms with Crippen LogP contribution in [0.4, 0.5) is 17.2 Å². The Labute approximate surface area is 179 Å². The number of aliphatic hydroxyl groups is 1. The van der Waals surface area contributed by atoms with Crippen molar-refractivity contribution in [1.29, 1.82) is 10.5 Å². The number of anilines is 2. The minimum atomic E-state index is -0.424. The van der Waals surface area contributed by atoms with Gasteiger partial charge >= 0.3 is 0 Å². The first-order valence-electron chi connectivity index (χ1n) is 9.92. The monoisotopic (exact) mass is 421 g/mol. The summed E-state index contributed by atoms with van der Waals surface area (Å²) in [6.45, 7) is 3.49.